The number of aromatic hydroxyl groups is 1. The zero-order valence-corrected chi connectivity index (χ0v) is 16.2. The maximum atomic E-state index is 13.4. The highest BCUT2D eigenvalue weighted by Gasteiger charge is 2.64. The van der Waals surface area contributed by atoms with Crippen molar-refractivity contribution in [1.29, 1.82) is 0 Å². The molecule has 0 aliphatic heterocycles. The number of benzene rings is 1. The van der Waals surface area contributed by atoms with Crippen molar-refractivity contribution >= 4 is 23.2 Å². The van der Waals surface area contributed by atoms with Gasteiger partial charge < -0.3 is 31.3 Å². The lowest BCUT2D eigenvalue weighted by atomic mass is 9.55. The van der Waals surface area contributed by atoms with Gasteiger partial charge in [-0.05, 0) is 30.0 Å². The van der Waals surface area contributed by atoms with Crippen LogP contribution in [-0.2, 0) is 14.4 Å². The Kier molecular flexibility index (Phi) is 4.13. The zero-order chi connectivity index (χ0) is 22.3. The molecule has 5 atom stereocenters. The van der Waals surface area contributed by atoms with Crippen molar-refractivity contribution < 1.29 is 39.9 Å². The molecule has 0 heterocycles. The molecule has 1 amide bonds. The first-order chi connectivity index (χ1) is 13.9. The van der Waals surface area contributed by atoms with Gasteiger partial charge in [0.25, 0.3) is 5.91 Å². The van der Waals surface area contributed by atoms with E-state index in [1.807, 2.05) is 0 Å². The lowest BCUT2D eigenvalue weighted by molar-refractivity contribution is -0.160. The first-order valence-corrected chi connectivity index (χ1v) is 9.42. The molecule has 0 bridgehead atoms. The minimum atomic E-state index is -2.81. The standard InChI is InChI=1S/C21H21NO8/c1-6-3-4-9(23)13-11(6)7(2)12-15(17(13)26)19(28)21(30)8(16(12)25)5-10(24)14(18(21)27)20(22)29/h3-4,7-8,12,16,23,25-27,30H,5H2,1-2H3,(H2,22,29)/t7-,8+,12+,16+,21+/m1/s1. The first kappa shape index (κ1) is 20.1. The third kappa shape index (κ3) is 2.21. The molecule has 0 unspecified atom stereocenters. The van der Waals surface area contributed by atoms with E-state index in [-0.39, 0.29) is 16.9 Å². The maximum absolute atomic E-state index is 13.4. The second-order valence-electron chi connectivity index (χ2n) is 8.17. The summed E-state index contributed by atoms with van der Waals surface area (Å²) >= 11 is 0. The summed E-state index contributed by atoms with van der Waals surface area (Å²) in [5.74, 6) is -8.53. The number of hydrogen-bond donors (Lipinski definition) is 6. The minimum absolute atomic E-state index is 0.00169. The van der Waals surface area contributed by atoms with Crippen LogP contribution in [0.2, 0.25) is 0 Å². The van der Waals surface area contributed by atoms with Crippen LogP contribution in [0.15, 0.2) is 29.0 Å². The minimum Gasteiger partial charge on any atom is -0.508 e. The second-order valence-corrected chi connectivity index (χ2v) is 8.17. The van der Waals surface area contributed by atoms with Gasteiger partial charge in [0.2, 0.25) is 5.78 Å². The normalized spacial score (nSPS) is 33.2. The Morgan fingerprint density at radius 2 is 1.83 bits per heavy atom. The Morgan fingerprint density at radius 1 is 1.20 bits per heavy atom. The van der Waals surface area contributed by atoms with Crippen molar-refractivity contribution in [1.82, 2.24) is 0 Å². The van der Waals surface area contributed by atoms with Gasteiger partial charge in [-0.1, -0.05) is 13.0 Å². The summed E-state index contributed by atoms with van der Waals surface area (Å²) in [6.07, 6.45) is -2.11. The van der Waals surface area contributed by atoms with Crippen molar-refractivity contribution in [3.8, 4) is 5.75 Å². The third-order valence-corrected chi connectivity index (χ3v) is 6.70. The van der Waals surface area contributed by atoms with Crippen LogP contribution in [0.1, 0.15) is 36.0 Å². The molecule has 1 aromatic carbocycles. The highest BCUT2D eigenvalue weighted by atomic mass is 16.4. The fraction of sp³-hybridized carbons (Fsp3) is 0.381. The Morgan fingerprint density at radius 3 is 2.43 bits per heavy atom. The van der Waals surface area contributed by atoms with Gasteiger partial charge in [0.1, 0.15) is 22.8 Å². The van der Waals surface area contributed by atoms with Crippen molar-refractivity contribution in [3.05, 3.63) is 45.7 Å². The third-order valence-electron chi connectivity index (χ3n) is 6.70. The number of hydrogen-bond acceptors (Lipinski definition) is 8. The molecule has 0 radical (unpaired) electrons. The van der Waals surface area contributed by atoms with Crippen LogP contribution >= 0.6 is 0 Å². The molecule has 9 heteroatoms. The second kappa shape index (κ2) is 6.16. The molecule has 7 N–H and O–H groups in total. The number of carbonyl (C=O) groups excluding carboxylic acids is 3. The highest BCUT2D eigenvalue weighted by Crippen LogP contribution is 2.55. The van der Waals surface area contributed by atoms with E-state index >= 15 is 0 Å². The van der Waals surface area contributed by atoms with E-state index in [0.29, 0.717) is 11.1 Å². The van der Waals surface area contributed by atoms with E-state index in [0.717, 1.165) is 0 Å². The number of rotatable bonds is 1. The fourth-order valence-corrected chi connectivity index (χ4v) is 5.30. The largest absolute Gasteiger partial charge is 0.508 e. The molecule has 4 rings (SSSR count). The monoisotopic (exact) mass is 415 g/mol. The Balaban J connectivity index is 2.04. The smallest absolute Gasteiger partial charge is 0.255 e. The summed E-state index contributed by atoms with van der Waals surface area (Å²) in [5, 5.41) is 54.0. The first-order valence-electron chi connectivity index (χ1n) is 9.42. The molecule has 1 fully saturated rings. The molecule has 0 saturated heterocycles. The van der Waals surface area contributed by atoms with Crippen LogP contribution in [0.3, 0.4) is 0 Å². The van der Waals surface area contributed by atoms with E-state index in [1.165, 1.54) is 6.07 Å². The van der Waals surface area contributed by atoms with Crippen LogP contribution < -0.4 is 5.73 Å². The van der Waals surface area contributed by atoms with Gasteiger partial charge in [-0.3, -0.25) is 14.4 Å². The Hall–Kier alpha value is -3.17. The number of carbonyl (C=O) groups is 3. The summed E-state index contributed by atoms with van der Waals surface area (Å²) in [4.78, 5) is 37.4. The van der Waals surface area contributed by atoms with Gasteiger partial charge in [-0.25, -0.2) is 0 Å². The van der Waals surface area contributed by atoms with Gasteiger partial charge >= 0.3 is 0 Å². The number of ketones is 2. The predicted molar refractivity (Wildman–Crippen MR) is 102 cm³/mol. The van der Waals surface area contributed by atoms with Crippen molar-refractivity contribution in [3.63, 3.8) is 0 Å². The van der Waals surface area contributed by atoms with Gasteiger partial charge in [-0.2, -0.15) is 0 Å². The molecule has 9 nitrogen and oxygen atoms in total. The van der Waals surface area contributed by atoms with Gasteiger partial charge in [0.15, 0.2) is 11.4 Å². The quantitative estimate of drug-likeness (QED) is 0.354. The Labute approximate surface area is 170 Å². The lowest BCUT2D eigenvalue weighted by Crippen LogP contribution is -2.64. The van der Waals surface area contributed by atoms with Crippen LogP contribution in [-0.4, -0.2) is 54.7 Å². The molecular formula is C21H21NO8. The number of aliphatic hydroxyl groups excluding tert-OH is 3. The maximum Gasteiger partial charge on any atom is 0.255 e. The van der Waals surface area contributed by atoms with E-state index < -0.39 is 70.4 Å². The van der Waals surface area contributed by atoms with Crippen LogP contribution in [0, 0.1) is 18.8 Å². The summed E-state index contributed by atoms with van der Waals surface area (Å²) in [5.41, 5.74) is 2.27. The fourth-order valence-electron chi connectivity index (χ4n) is 5.30. The number of amides is 1. The molecular weight excluding hydrogens is 394 g/mol. The number of fused-ring (bicyclic) bond motifs is 3. The van der Waals surface area contributed by atoms with Crippen LogP contribution in [0.25, 0.3) is 5.76 Å². The SMILES string of the molecule is Cc1ccc(O)c2c1[C@@H](C)[C@H]1C(=C2O)C(=O)[C@@]2(O)C(O)=C(C(N)=O)C(=O)C[C@H]2[C@@H]1O. The van der Waals surface area contributed by atoms with Crippen molar-refractivity contribution in [2.45, 2.75) is 37.9 Å². The average Bonchev–Trinajstić information content (AvgIpc) is 2.66. The predicted octanol–water partition coefficient (Wildman–Crippen LogP) is 0.264. The van der Waals surface area contributed by atoms with Gasteiger partial charge in [0.05, 0.1) is 11.7 Å². The van der Waals surface area contributed by atoms with Gasteiger partial charge in [-0.15, -0.1) is 0 Å². The molecule has 3 aliphatic carbocycles. The number of primary amides is 1. The number of aryl methyl sites for hydroxylation is 1. The number of nitrogens with two attached hydrogens (primary N) is 1. The summed E-state index contributed by atoms with van der Waals surface area (Å²) < 4.78 is 0. The summed E-state index contributed by atoms with van der Waals surface area (Å²) in [6.45, 7) is 3.44. The number of phenolic OH excluding ortho intramolecular Hbond substituents is 1. The number of Topliss-reactive ketones (excluding diaryl/α,β-unsaturated/α-hetero) is 2. The highest BCUT2D eigenvalue weighted by molar-refractivity contribution is 6.23. The van der Waals surface area contributed by atoms with Crippen LogP contribution in [0.5, 0.6) is 5.75 Å². The van der Waals surface area contributed by atoms with Crippen molar-refractivity contribution in [2.75, 3.05) is 0 Å². The number of phenols is 1. The van der Waals surface area contributed by atoms with E-state index in [2.05, 4.69) is 0 Å². The van der Waals surface area contributed by atoms with E-state index in [9.17, 15) is 39.9 Å². The molecule has 1 aromatic rings. The Bertz CT molecular complexity index is 1100. The molecule has 0 aromatic heterocycles. The molecule has 1 saturated carbocycles. The zero-order valence-electron chi connectivity index (χ0n) is 16.2. The lowest BCUT2D eigenvalue weighted by Gasteiger charge is -2.50. The average molecular weight is 415 g/mol. The van der Waals surface area contributed by atoms with Crippen LogP contribution in [0.4, 0.5) is 0 Å². The van der Waals surface area contributed by atoms with E-state index in [4.69, 9.17) is 5.73 Å². The van der Waals surface area contributed by atoms with E-state index in [1.54, 1.807) is 19.9 Å². The van der Waals surface area contributed by atoms with Crippen molar-refractivity contribution in [2.24, 2.45) is 17.6 Å². The molecule has 3 aliphatic rings. The molecule has 158 valence electrons. The topological polar surface area (TPSA) is 178 Å². The number of aliphatic hydroxyl groups is 4. The van der Waals surface area contributed by atoms with Gasteiger partial charge in [0, 0.05) is 23.8 Å². The molecule has 0 spiro atoms. The summed E-state index contributed by atoms with van der Waals surface area (Å²) in [7, 11) is 0. The summed E-state index contributed by atoms with van der Waals surface area (Å²) in [6, 6.07) is 2.98. The molecule has 30 heavy (non-hydrogen) atoms.